The third-order valence-corrected chi connectivity index (χ3v) is 4.96. The zero-order chi connectivity index (χ0) is 18.8. The Balaban J connectivity index is 1.73. The van der Waals surface area contributed by atoms with E-state index in [0.717, 1.165) is 21.8 Å². The maximum Gasteiger partial charge on any atom is 0.275 e. The molecule has 0 saturated carbocycles. The van der Waals surface area contributed by atoms with Crippen LogP contribution in [0.2, 0.25) is 0 Å². The first-order valence-corrected chi connectivity index (χ1v) is 9.18. The van der Waals surface area contributed by atoms with E-state index in [0.29, 0.717) is 10.7 Å². The molecule has 0 aliphatic heterocycles. The Bertz CT molecular complexity index is 1180. The van der Waals surface area contributed by atoms with Gasteiger partial charge in [0.15, 0.2) is 0 Å². The van der Waals surface area contributed by atoms with Crippen LogP contribution in [0.25, 0.3) is 27.7 Å². The molecule has 4 rings (SSSR count). The molecule has 0 amide bonds. The first kappa shape index (κ1) is 17.1. The normalized spacial score (nSPS) is 11.3. The van der Waals surface area contributed by atoms with Gasteiger partial charge in [-0.05, 0) is 29.8 Å². The van der Waals surface area contributed by atoms with Crippen LogP contribution in [0.3, 0.4) is 0 Å². The standard InChI is InChI=1S/C20H17N5OS/c1-24(2)17-7-3-6-15(11-17)19-23-25-18(26)12-16(22-20(25)27-19)9-8-14-5-4-10-21-13-14/h3-13H,1-2H3/b9-8+. The molecule has 0 bridgehead atoms. The van der Waals surface area contributed by atoms with E-state index in [4.69, 9.17) is 0 Å². The summed E-state index contributed by atoms with van der Waals surface area (Å²) in [6, 6.07) is 13.3. The molecule has 134 valence electrons. The number of benzene rings is 1. The molecule has 7 heteroatoms. The maximum atomic E-state index is 12.4. The van der Waals surface area contributed by atoms with Gasteiger partial charge in [-0.25, -0.2) is 4.98 Å². The fraction of sp³-hybridized carbons (Fsp3) is 0.100. The molecule has 0 saturated heterocycles. The fourth-order valence-corrected chi connectivity index (χ4v) is 3.51. The number of aromatic nitrogens is 4. The highest BCUT2D eigenvalue weighted by atomic mass is 32.1. The summed E-state index contributed by atoms with van der Waals surface area (Å²) in [6.45, 7) is 0. The van der Waals surface area contributed by atoms with Gasteiger partial charge in [-0.1, -0.05) is 35.6 Å². The number of nitrogens with zero attached hydrogens (tertiary/aromatic N) is 5. The molecular weight excluding hydrogens is 358 g/mol. The van der Waals surface area contributed by atoms with Crippen molar-refractivity contribution in [2.24, 2.45) is 0 Å². The van der Waals surface area contributed by atoms with Gasteiger partial charge in [-0.3, -0.25) is 9.78 Å². The van der Waals surface area contributed by atoms with Crippen LogP contribution in [0.5, 0.6) is 0 Å². The third kappa shape index (κ3) is 3.63. The van der Waals surface area contributed by atoms with Crippen molar-refractivity contribution in [3.63, 3.8) is 0 Å². The molecular formula is C20H17N5OS. The van der Waals surface area contributed by atoms with Gasteiger partial charge < -0.3 is 4.90 Å². The van der Waals surface area contributed by atoms with Gasteiger partial charge in [0.05, 0.1) is 5.69 Å². The number of anilines is 1. The van der Waals surface area contributed by atoms with Crippen LogP contribution in [0.4, 0.5) is 5.69 Å². The number of fused-ring (bicyclic) bond motifs is 1. The number of hydrogen-bond donors (Lipinski definition) is 0. The smallest absolute Gasteiger partial charge is 0.275 e. The Kier molecular flexibility index (Phi) is 4.52. The van der Waals surface area contributed by atoms with Crippen LogP contribution in [-0.2, 0) is 0 Å². The second-order valence-electron chi connectivity index (χ2n) is 6.19. The molecule has 0 N–H and O–H groups in total. The van der Waals surface area contributed by atoms with E-state index in [9.17, 15) is 4.79 Å². The summed E-state index contributed by atoms with van der Waals surface area (Å²) in [5.41, 5.74) is 3.39. The third-order valence-electron chi connectivity index (χ3n) is 4.01. The van der Waals surface area contributed by atoms with E-state index in [1.54, 1.807) is 12.4 Å². The van der Waals surface area contributed by atoms with Gasteiger partial charge in [0.25, 0.3) is 5.56 Å². The van der Waals surface area contributed by atoms with Crippen LogP contribution in [0, 0.1) is 0 Å². The van der Waals surface area contributed by atoms with Crippen LogP contribution in [-0.4, -0.2) is 33.7 Å². The summed E-state index contributed by atoms with van der Waals surface area (Å²) in [5, 5.41) is 5.21. The van der Waals surface area contributed by atoms with Crippen LogP contribution in [0.1, 0.15) is 11.3 Å². The van der Waals surface area contributed by atoms with Crippen molar-refractivity contribution < 1.29 is 0 Å². The molecule has 0 aliphatic carbocycles. The molecule has 0 atom stereocenters. The van der Waals surface area contributed by atoms with E-state index < -0.39 is 0 Å². The Morgan fingerprint density at radius 3 is 2.78 bits per heavy atom. The SMILES string of the molecule is CN(C)c1cccc(-c2nn3c(=O)cc(/C=C/c4cccnc4)nc3s2)c1. The Morgan fingerprint density at radius 2 is 2.00 bits per heavy atom. The predicted octanol–water partition coefficient (Wildman–Crippen LogP) is 3.45. The zero-order valence-electron chi connectivity index (χ0n) is 14.9. The minimum absolute atomic E-state index is 0.197. The number of hydrogen-bond acceptors (Lipinski definition) is 6. The molecule has 0 unspecified atom stereocenters. The first-order chi connectivity index (χ1) is 13.1. The molecule has 3 heterocycles. The molecule has 4 aromatic rings. The van der Waals surface area contributed by atoms with Crippen LogP contribution >= 0.6 is 11.3 Å². The van der Waals surface area contributed by atoms with Gasteiger partial charge in [-0.15, -0.1) is 0 Å². The van der Waals surface area contributed by atoms with E-state index in [-0.39, 0.29) is 5.56 Å². The quantitative estimate of drug-likeness (QED) is 0.547. The first-order valence-electron chi connectivity index (χ1n) is 8.37. The predicted molar refractivity (Wildman–Crippen MR) is 110 cm³/mol. The second kappa shape index (κ2) is 7.13. The molecule has 27 heavy (non-hydrogen) atoms. The summed E-state index contributed by atoms with van der Waals surface area (Å²) >= 11 is 1.40. The highest BCUT2D eigenvalue weighted by Gasteiger charge is 2.10. The van der Waals surface area contributed by atoms with Gasteiger partial charge in [0, 0.05) is 43.8 Å². The lowest BCUT2D eigenvalue weighted by molar-refractivity contribution is 0.901. The summed E-state index contributed by atoms with van der Waals surface area (Å²) in [7, 11) is 3.98. The topological polar surface area (TPSA) is 63.4 Å². The Hall–Kier alpha value is -3.32. The minimum atomic E-state index is -0.197. The van der Waals surface area contributed by atoms with Crippen molar-refractivity contribution in [2.75, 3.05) is 19.0 Å². The van der Waals surface area contributed by atoms with Crippen molar-refractivity contribution in [3.05, 3.63) is 76.5 Å². The summed E-state index contributed by atoms with van der Waals surface area (Å²) in [5.74, 6) is 0. The van der Waals surface area contributed by atoms with Gasteiger partial charge in [0.1, 0.15) is 5.01 Å². The van der Waals surface area contributed by atoms with E-state index in [1.165, 1.54) is 21.9 Å². The van der Waals surface area contributed by atoms with E-state index in [2.05, 4.69) is 15.1 Å². The van der Waals surface area contributed by atoms with Crippen LogP contribution < -0.4 is 10.5 Å². The molecule has 3 aromatic heterocycles. The monoisotopic (exact) mass is 375 g/mol. The van der Waals surface area contributed by atoms with Crippen LogP contribution in [0.15, 0.2) is 59.7 Å². The molecule has 6 nitrogen and oxygen atoms in total. The Morgan fingerprint density at radius 1 is 1.11 bits per heavy atom. The van der Waals surface area contributed by atoms with E-state index in [1.807, 2.05) is 67.5 Å². The largest absolute Gasteiger partial charge is 0.378 e. The zero-order valence-corrected chi connectivity index (χ0v) is 15.7. The Labute approximate surface area is 160 Å². The lowest BCUT2D eigenvalue weighted by Crippen LogP contribution is -2.14. The fourth-order valence-electron chi connectivity index (χ4n) is 2.60. The molecule has 1 aromatic carbocycles. The molecule has 0 radical (unpaired) electrons. The van der Waals surface area contributed by atoms with E-state index >= 15 is 0 Å². The molecule has 0 fully saturated rings. The van der Waals surface area contributed by atoms with Crippen molar-refractivity contribution >= 4 is 34.1 Å². The summed E-state index contributed by atoms with van der Waals surface area (Å²) in [6.07, 6.45) is 7.17. The van der Waals surface area contributed by atoms with Gasteiger partial charge in [0.2, 0.25) is 4.96 Å². The van der Waals surface area contributed by atoms with Gasteiger partial charge in [-0.2, -0.15) is 9.61 Å². The maximum absolute atomic E-state index is 12.4. The minimum Gasteiger partial charge on any atom is -0.378 e. The lowest BCUT2D eigenvalue weighted by atomic mass is 10.2. The van der Waals surface area contributed by atoms with Crippen molar-refractivity contribution in [3.8, 4) is 10.6 Å². The highest BCUT2D eigenvalue weighted by Crippen LogP contribution is 2.27. The number of rotatable bonds is 4. The summed E-state index contributed by atoms with van der Waals surface area (Å²) in [4.78, 5) is 23.7. The van der Waals surface area contributed by atoms with Gasteiger partial charge >= 0.3 is 0 Å². The number of pyridine rings is 1. The highest BCUT2D eigenvalue weighted by molar-refractivity contribution is 7.19. The van der Waals surface area contributed by atoms with Crippen molar-refractivity contribution in [1.29, 1.82) is 0 Å². The van der Waals surface area contributed by atoms with Crippen molar-refractivity contribution in [2.45, 2.75) is 0 Å². The average Bonchev–Trinajstić information content (AvgIpc) is 3.12. The average molecular weight is 375 g/mol. The molecule has 0 spiro atoms. The summed E-state index contributed by atoms with van der Waals surface area (Å²) < 4.78 is 1.35. The second-order valence-corrected chi connectivity index (χ2v) is 7.14. The lowest BCUT2D eigenvalue weighted by Gasteiger charge is -2.12. The molecule has 0 aliphatic rings. The van der Waals surface area contributed by atoms with Crippen molar-refractivity contribution in [1.82, 2.24) is 19.6 Å².